The van der Waals surface area contributed by atoms with Gasteiger partial charge < -0.3 is 15.1 Å². The van der Waals surface area contributed by atoms with Crippen LogP contribution in [-0.2, 0) is 9.59 Å². The number of pyridine rings is 1. The highest BCUT2D eigenvalue weighted by molar-refractivity contribution is 5.78. The summed E-state index contributed by atoms with van der Waals surface area (Å²) in [5.74, 6) is -1.86. The Hall–Kier alpha value is -2.11. The number of carboxylic acid groups (broad SMARTS) is 2. The van der Waals surface area contributed by atoms with Crippen molar-refractivity contribution in [2.45, 2.75) is 0 Å². The summed E-state index contributed by atoms with van der Waals surface area (Å²) in [5.41, 5.74) is 0. The Balaban J connectivity index is 2.81. The minimum absolute atomic E-state index is 0.335. The van der Waals surface area contributed by atoms with Crippen LogP contribution in [0.25, 0.3) is 0 Å². The van der Waals surface area contributed by atoms with Crippen LogP contribution in [0.4, 0.5) is 5.82 Å². The molecule has 15 heavy (non-hydrogen) atoms. The topological polar surface area (TPSA) is 90.7 Å². The molecule has 0 spiro atoms. The lowest BCUT2D eigenvalue weighted by Crippen LogP contribution is -2.34. The molecule has 2 N–H and O–H groups in total. The number of hydrogen-bond donors (Lipinski definition) is 2. The summed E-state index contributed by atoms with van der Waals surface area (Å²) in [6, 6.07) is 4.90. The summed E-state index contributed by atoms with van der Waals surface area (Å²) in [7, 11) is 0. The number of hydrogen-bond acceptors (Lipinski definition) is 4. The Morgan fingerprint density at radius 2 is 1.80 bits per heavy atom. The molecule has 0 saturated heterocycles. The zero-order valence-electron chi connectivity index (χ0n) is 7.83. The molecule has 1 rings (SSSR count). The molecule has 0 aliphatic carbocycles. The van der Waals surface area contributed by atoms with E-state index >= 15 is 0 Å². The number of aromatic nitrogens is 1. The lowest BCUT2D eigenvalue weighted by Gasteiger charge is -2.18. The average molecular weight is 210 g/mol. The molecule has 0 amide bonds. The van der Waals surface area contributed by atoms with E-state index in [0.29, 0.717) is 5.82 Å². The molecular formula is C9H10N2O4. The standard InChI is InChI=1S/C9H10N2O4/c12-8(13)5-11(6-9(14)15)7-3-1-2-4-10-7/h1-4H,5-6H2,(H,12,13)(H,14,15). The van der Waals surface area contributed by atoms with Crippen LogP contribution in [0.5, 0.6) is 0 Å². The summed E-state index contributed by atoms with van der Waals surface area (Å²) in [6.07, 6.45) is 1.48. The molecule has 0 saturated carbocycles. The van der Waals surface area contributed by atoms with Crippen molar-refractivity contribution in [1.29, 1.82) is 0 Å². The molecule has 1 aromatic rings. The molecule has 0 unspecified atom stereocenters. The molecule has 1 heterocycles. The van der Waals surface area contributed by atoms with Crippen LogP contribution in [0.15, 0.2) is 24.4 Å². The van der Waals surface area contributed by atoms with Gasteiger partial charge in [0.15, 0.2) is 0 Å². The van der Waals surface area contributed by atoms with Crippen molar-refractivity contribution >= 4 is 17.8 Å². The lowest BCUT2D eigenvalue weighted by atomic mass is 10.4. The second kappa shape index (κ2) is 4.94. The van der Waals surface area contributed by atoms with Crippen LogP contribution < -0.4 is 4.90 Å². The van der Waals surface area contributed by atoms with Crippen molar-refractivity contribution in [3.05, 3.63) is 24.4 Å². The van der Waals surface area contributed by atoms with Crippen LogP contribution in [0.1, 0.15) is 0 Å². The number of rotatable bonds is 5. The lowest BCUT2D eigenvalue weighted by molar-refractivity contribution is -0.136. The zero-order valence-corrected chi connectivity index (χ0v) is 7.83. The number of anilines is 1. The zero-order chi connectivity index (χ0) is 11.3. The predicted molar refractivity (Wildman–Crippen MR) is 51.7 cm³/mol. The molecular weight excluding hydrogens is 200 g/mol. The monoisotopic (exact) mass is 210 g/mol. The normalized spacial score (nSPS) is 9.60. The van der Waals surface area contributed by atoms with E-state index in [1.54, 1.807) is 18.2 Å². The van der Waals surface area contributed by atoms with E-state index in [1.807, 2.05) is 0 Å². The van der Waals surface area contributed by atoms with Gasteiger partial charge in [0.2, 0.25) is 0 Å². The van der Waals surface area contributed by atoms with E-state index < -0.39 is 11.9 Å². The number of carbonyl (C=O) groups is 2. The molecule has 80 valence electrons. The van der Waals surface area contributed by atoms with Gasteiger partial charge in [0.1, 0.15) is 18.9 Å². The van der Waals surface area contributed by atoms with E-state index in [4.69, 9.17) is 10.2 Å². The fraction of sp³-hybridized carbons (Fsp3) is 0.222. The van der Waals surface area contributed by atoms with E-state index in [9.17, 15) is 9.59 Å². The van der Waals surface area contributed by atoms with E-state index in [1.165, 1.54) is 11.1 Å². The Labute approximate surface area is 85.8 Å². The Morgan fingerprint density at radius 1 is 1.20 bits per heavy atom. The SMILES string of the molecule is O=C(O)CN(CC(=O)O)c1ccccn1. The molecule has 6 nitrogen and oxygen atoms in total. The first-order valence-corrected chi connectivity index (χ1v) is 4.19. The van der Waals surface area contributed by atoms with Crippen molar-refractivity contribution in [3.8, 4) is 0 Å². The largest absolute Gasteiger partial charge is 0.480 e. The van der Waals surface area contributed by atoms with Crippen molar-refractivity contribution in [1.82, 2.24) is 4.98 Å². The van der Waals surface area contributed by atoms with E-state index in [0.717, 1.165) is 0 Å². The highest BCUT2D eigenvalue weighted by Gasteiger charge is 2.14. The second-order valence-electron chi connectivity index (χ2n) is 2.83. The van der Waals surface area contributed by atoms with Gasteiger partial charge in [-0.3, -0.25) is 9.59 Å². The van der Waals surface area contributed by atoms with Gasteiger partial charge in [0, 0.05) is 6.20 Å². The van der Waals surface area contributed by atoms with E-state index in [2.05, 4.69) is 4.98 Å². The van der Waals surface area contributed by atoms with Crippen molar-refractivity contribution < 1.29 is 19.8 Å². The van der Waals surface area contributed by atoms with Crippen LogP contribution in [0.3, 0.4) is 0 Å². The van der Waals surface area contributed by atoms with Crippen molar-refractivity contribution in [3.63, 3.8) is 0 Å². The minimum Gasteiger partial charge on any atom is -0.480 e. The van der Waals surface area contributed by atoms with Crippen LogP contribution in [0.2, 0.25) is 0 Å². The third kappa shape index (κ3) is 3.63. The van der Waals surface area contributed by atoms with Gasteiger partial charge in [-0.25, -0.2) is 4.98 Å². The third-order valence-electron chi connectivity index (χ3n) is 1.63. The first-order valence-electron chi connectivity index (χ1n) is 4.19. The van der Waals surface area contributed by atoms with Crippen LogP contribution in [-0.4, -0.2) is 40.2 Å². The molecule has 0 aliphatic heterocycles. The maximum atomic E-state index is 10.5. The number of carboxylic acids is 2. The molecule has 6 heteroatoms. The van der Waals surface area contributed by atoms with Gasteiger partial charge in [-0.1, -0.05) is 6.07 Å². The van der Waals surface area contributed by atoms with Gasteiger partial charge in [-0.2, -0.15) is 0 Å². The summed E-state index contributed by atoms with van der Waals surface area (Å²) < 4.78 is 0. The van der Waals surface area contributed by atoms with Crippen molar-refractivity contribution in [2.24, 2.45) is 0 Å². The first kappa shape index (κ1) is 11.0. The molecule has 0 radical (unpaired) electrons. The summed E-state index contributed by atoms with van der Waals surface area (Å²) in [4.78, 5) is 26.1. The fourth-order valence-corrected chi connectivity index (χ4v) is 1.09. The van der Waals surface area contributed by atoms with Gasteiger partial charge in [0.05, 0.1) is 0 Å². The smallest absolute Gasteiger partial charge is 0.323 e. The van der Waals surface area contributed by atoms with E-state index in [-0.39, 0.29) is 13.1 Å². The maximum absolute atomic E-state index is 10.5. The Kier molecular flexibility index (Phi) is 3.61. The maximum Gasteiger partial charge on any atom is 0.323 e. The molecule has 0 atom stereocenters. The van der Waals surface area contributed by atoms with Gasteiger partial charge in [-0.15, -0.1) is 0 Å². The molecule has 1 aromatic heterocycles. The molecule has 0 aromatic carbocycles. The highest BCUT2D eigenvalue weighted by atomic mass is 16.4. The third-order valence-corrected chi connectivity index (χ3v) is 1.63. The molecule has 0 fully saturated rings. The van der Waals surface area contributed by atoms with Crippen LogP contribution >= 0.6 is 0 Å². The van der Waals surface area contributed by atoms with Gasteiger partial charge >= 0.3 is 11.9 Å². The first-order chi connectivity index (χ1) is 7.09. The molecule has 0 aliphatic rings. The van der Waals surface area contributed by atoms with Gasteiger partial charge in [0.25, 0.3) is 0 Å². The van der Waals surface area contributed by atoms with Gasteiger partial charge in [-0.05, 0) is 12.1 Å². The summed E-state index contributed by atoms with van der Waals surface area (Å²) >= 11 is 0. The number of nitrogens with zero attached hydrogens (tertiary/aromatic N) is 2. The Bertz CT molecular complexity index is 336. The van der Waals surface area contributed by atoms with Crippen LogP contribution in [0, 0.1) is 0 Å². The second-order valence-corrected chi connectivity index (χ2v) is 2.83. The highest BCUT2D eigenvalue weighted by Crippen LogP contribution is 2.07. The number of aliphatic carboxylic acids is 2. The Morgan fingerprint density at radius 3 is 2.20 bits per heavy atom. The average Bonchev–Trinajstić information content (AvgIpc) is 2.17. The quantitative estimate of drug-likeness (QED) is 0.714. The molecule has 0 bridgehead atoms. The van der Waals surface area contributed by atoms with Crippen molar-refractivity contribution in [2.75, 3.05) is 18.0 Å². The fourth-order valence-electron chi connectivity index (χ4n) is 1.09. The predicted octanol–water partition coefficient (Wildman–Crippen LogP) is 0.0572. The summed E-state index contributed by atoms with van der Waals surface area (Å²) in [6.45, 7) is -0.771. The minimum atomic E-state index is -1.10. The summed E-state index contributed by atoms with van der Waals surface area (Å²) in [5, 5.41) is 17.2.